The monoisotopic (exact) mass is 300 g/mol. The molecule has 1 aromatic heterocycles. The van der Waals surface area contributed by atoms with Gasteiger partial charge in [0.05, 0.1) is 5.02 Å². The van der Waals surface area contributed by atoms with E-state index in [1.54, 1.807) is 12.3 Å². The molecule has 1 rings (SSSR count). The average molecular weight is 301 g/mol. The Hall–Kier alpha value is -1.49. The van der Waals surface area contributed by atoms with Crippen molar-refractivity contribution in [1.29, 1.82) is 0 Å². The summed E-state index contributed by atoms with van der Waals surface area (Å²) in [5, 5.41) is 12.0. The van der Waals surface area contributed by atoms with Crippen molar-refractivity contribution in [2.24, 2.45) is 0 Å². The van der Waals surface area contributed by atoms with Gasteiger partial charge >= 0.3 is 5.97 Å². The maximum Gasteiger partial charge on any atom is 0.303 e. The molecule has 6 heteroatoms. The lowest BCUT2D eigenvalue weighted by atomic mass is 10.1. The van der Waals surface area contributed by atoms with Gasteiger partial charge in [0.15, 0.2) is 0 Å². The van der Waals surface area contributed by atoms with Crippen LogP contribution in [-0.4, -0.2) is 27.6 Å². The van der Waals surface area contributed by atoms with Crippen LogP contribution in [0.3, 0.4) is 0 Å². The Morgan fingerprint density at radius 1 is 1.50 bits per heavy atom. The van der Waals surface area contributed by atoms with E-state index in [1.165, 1.54) is 0 Å². The number of halogens is 1. The number of carboxylic acids is 1. The smallest absolute Gasteiger partial charge is 0.303 e. The van der Waals surface area contributed by atoms with E-state index in [1.807, 2.05) is 18.4 Å². The van der Waals surface area contributed by atoms with E-state index in [9.17, 15) is 9.59 Å². The first kappa shape index (κ1) is 16.6. The maximum atomic E-state index is 12.2. The molecule has 0 saturated carbocycles. The Morgan fingerprint density at radius 3 is 2.80 bits per heavy atom. The van der Waals surface area contributed by atoms with Crippen LogP contribution in [0, 0.1) is 0 Å². The molecular weight excluding hydrogens is 280 g/mol. The van der Waals surface area contributed by atoms with Gasteiger partial charge in [0.2, 0.25) is 0 Å². The molecular formula is C14H21ClN2O3. The summed E-state index contributed by atoms with van der Waals surface area (Å²) in [7, 11) is 0. The van der Waals surface area contributed by atoms with Crippen LogP contribution >= 0.6 is 11.6 Å². The van der Waals surface area contributed by atoms with Gasteiger partial charge in [-0.2, -0.15) is 0 Å². The zero-order valence-electron chi connectivity index (χ0n) is 11.9. The quantitative estimate of drug-likeness (QED) is 0.775. The van der Waals surface area contributed by atoms with Crippen LogP contribution in [-0.2, 0) is 11.3 Å². The lowest BCUT2D eigenvalue weighted by Crippen LogP contribution is -2.33. The first-order valence-electron chi connectivity index (χ1n) is 6.82. The van der Waals surface area contributed by atoms with Gasteiger partial charge in [0.25, 0.3) is 5.91 Å². The molecule has 20 heavy (non-hydrogen) atoms. The fourth-order valence-electron chi connectivity index (χ4n) is 2.02. The summed E-state index contributed by atoms with van der Waals surface area (Å²) in [5.41, 5.74) is 0.543. The van der Waals surface area contributed by atoms with Crippen LogP contribution in [0.2, 0.25) is 5.02 Å². The van der Waals surface area contributed by atoms with Crippen molar-refractivity contribution in [2.45, 2.75) is 52.1 Å². The van der Waals surface area contributed by atoms with E-state index >= 15 is 0 Å². The highest BCUT2D eigenvalue weighted by Gasteiger charge is 2.15. The number of rotatable bonds is 8. The largest absolute Gasteiger partial charge is 0.481 e. The van der Waals surface area contributed by atoms with Gasteiger partial charge in [-0.3, -0.25) is 9.59 Å². The van der Waals surface area contributed by atoms with E-state index in [0.717, 1.165) is 13.0 Å². The predicted molar refractivity (Wildman–Crippen MR) is 78.1 cm³/mol. The van der Waals surface area contributed by atoms with E-state index < -0.39 is 5.97 Å². The summed E-state index contributed by atoms with van der Waals surface area (Å²) < 4.78 is 1.83. The zero-order valence-corrected chi connectivity index (χ0v) is 12.6. The number of nitrogens with zero attached hydrogens (tertiary/aromatic N) is 1. The minimum absolute atomic E-state index is 0.0643. The number of aryl methyl sites for hydroxylation is 1. The minimum Gasteiger partial charge on any atom is -0.481 e. The second-order valence-corrected chi connectivity index (χ2v) is 5.33. The molecule has 2 N–H and O–H groups in total. The summed E-state index contributed by atoms with van der Waals surface area (Å²) in [6.07, 6.45) is 3.97. The van der Waals surface area contributed by atoms with Crippen molar-refractivity contribution in [3.05, 3.63) is 23.0 Å². The number of amides is 1. The third kappa shape index (κ3) is 5.25. The fraction of sp³-hybridized carbons (Fsp3) is 0.571. The first-order chi connectivity index (χ1) is 9.43. The molecule has 0 fully saturated rings. The van der Waals surface area contributed by atoms with E-state index in [0.29, 0.717) is 23.6 Å². The van der Waals surface area contributed by atoms with Gasteiger partial charge in [0.1, 0.15) is 5.69 Å². The topological polar surface area (TPSA) is 71.3 Å². The molecule has 5 nitrogen and oxygen atoms in total. The third-order valence-corrected chi connectivity index (χ3v) is 3.17. The van der Waals surface area contributed by atoms with Gasteiger partial charge in [-0.05, 0) is 32.3 Å². The molecule has 1 heterocycles. The van der Waals surface area contributed by atoms with Gasteiger partial charge in [-0.25, -0.2) is 0 Å². The molecule has 0 aromatic carbocycles. The fourth-order valence-corrected chi connectivity index (χ4v) is 2.24. The molecule has 1 amide bonds. The lowest BCUT2D eigenvalue weighted by Gasteiger charge is -2.14. The van der Waals surface area contributed by atoms with Crippen molar-refractivity contribution in [3.63, 3.8) is 0 Å². The summed E-state index contributed by atoms with van der Waals surface area (Å²) in [6.45, 7) is 4.64. The number of carboxylic acid groups (broad SMARTS) is 1. The highest BCUT2D eigenvalue weighted by molar-refractivity contribution is 6.31. The molecule has 1 unspecified atom stereocenters. The molecule has 0 radical (unpaired) electrons. The second kappa shape index (κ2) is 7.94. The minimum atomic E-state index is -0.813. The molecule has 0 aliphatic rings. The Kier molecular flexibility index (Phi) is 6.58. The molecule has 0 spiro atoms. The van der Waals surface area contributed by atoms with Gasteiger partial charge in [-0.15, -0.1) is 0 Å². The number of carbonyl (C=O) groups excluding carboxylic acids is 1. The first-order valence-corrected chi connectivity index (χ1v) is 7.20. The van der Waals surface area contributed by atoms with E-state index in [4.69, 9.17) is 16.7 Å². The van der Waals surface area contributed by atoms with Crippen molar-refractivity contribution < 1.29 is 14.7 Å². The third-order valence-electron chi connectivity index (χ3n) is 2.97. The summed E-state index contributed by atoms with van der Waals surface area (Å²) in [4.78, 5) is 22.6. The highest BCUT2D eigenvalue weighted by atomic mass is 35.5. The van der Waals surface area contributed by atoms with Crippen LogP contribution < -0.4 is 5.32 Å². The highest BCUT2D eigenvalue weighted by Crippen LogP contribution is 2.15. The van der Waals surface area contributed by atoms with Crippen molar-refractivity contribution in [2.75, 3.05) is 0 Å². The predicted octanol–water partition coefficient (Wildman–Crippen LogP) is 2.92. The summed E-state index contributed by atoms with van der Waals surface area (Å²) in [6, 6.07) is 1.59. The number of aromatic nitrogens is 1. The van der Waals surface area contributed by atoms with Crippen LogP contribution in [0.1, 0.15) is 50.0 Å². The van der Waals surface area contributed by atoms with Crippen LogP contribution in [0.15, 0.2) is 12.3 Å². The number of aliphatic carboxylic acids is 1. The number of nitrogens with one attached hydrogen (secondary N) is 1. The Labute approximate surface area is 123 Å². The maximum absolute atomic E-state index is 12.2. The molecule has 1 atom stereocenters. The van der Waals surface area contributed by atoms with Crippen LogP contribution in [0.4, 0.5) is 0 Å². The van der Waals surface area contributed by atoms with Gasteiger partial charge in [0, 0.05) is 25.2 Å². The van der Waals surface area contributed by atoms with Gasteiger partial charge in [-0.1, -0.05) is 18.5 Å². The molecule has 1 aromatic rings. The van der Waals surface area contributed by atoms with Crippen molar-refractivity contribution >= 4 is 23.5 Å². The molecule has 0 aliphatic carbocycles. The van der Waals surface area contributed by atoms with Crippen LogP contribution in [0.25, 0.3) is 0 Å². The van der Waals surface area contributed by atoms with E-state index in [-0.39, 0.29) is 18.4 Å². The molecule has 0 bridgehead atoms. The molecule has 0 saturated heterocycles. The number of hydrogen-bond acceptors (Lipinski definition) is 2. The number of hydrogen-bond donors (Lipinski definition) is 2. The standard InChI is InChI=1S/C14H21ClN2O3/c1-3-7-17-9-11(15)8-12(17)14(20)16-10(2)5-4-6-13(18)19/h8-10H,3-7H2,1-2H3,(H,16,20)(H,18,19). The molecule has 0 aliphatic heterocycles. The average Bonchev–Trinajstić information content (AvgIpc) is 2.70. The Bertz CT molecular complexity index is 471. The Balaban J connectivity index is 2.55. The number of carbonyl (C=O) groups is 2. The Morgan fingerprint density at radius 2 is 2.20 bits per heavy atom. The van der Waals surface area contributed by atoms with Gasteiger partial charge < -0.3 is 15.0 Å². The van der Waals surface area contributed by atoms with Crippen molar-refractivity contribution in [3.8, 4) is 0 Å². The summed E-state index contributed by atoms with van der Waals surface area (Å²) >= 11 is 5.93. The molecule has 112 valence electrons. The second-order valence-electron chi connectivity index (χ2n) is 4.90. The summed E-state index contributed by atoms with van der Waals surface area (Å²) in [5.74, 6) is -0.986. The van der Waals surface area contributed by atoms with Crippen molar-refractivity contribution in [1.82, 2.24) is 9.88 Å². The van der Waals surface area contributed by atoms with Crippen LogP contribution in [0.5, 0.6) is 0 Å². The lowest BCUT2D eigenvalue weighted by molar-refractivity contribution is -0.137. The zero-order chi connectivity index (χ0) is 15.1. The van der Waals surface area contributed by atoms with E-state index in [2.05, 4.69) is 5.32 Å². The SMILES string of the molecule is CCCn1cc(Cl)cc1C(=O)NC(C)CCCC(=O)O. The normalized spacial score (nSPS) is 12.2.